The van der Waals surface area contributed by atoms with Crippen LogP contribution in [0.25, 0.3) is 0 Å². The number of pyridine rings is 1. The number of thioether (sulfide) groups is 1. The summed E-state index contributed by atoms with van der Waals surface area (Å²) in [6.45, 7) is 5.49. The number of aryl methyl sites for hydroxylation is 1. The van der Waals surface area contributed by atoms with Gasteiger partial charge < -0.3 is 20.3 Å². The average Bonchev–Trinajstić information content (AvgIpc) is 2.75. The van der Waals surface area contributed by atoms with Crippen LogP contribution in [0.1, 0.15) is 11.1 Å². The highest BCUT2D eigenvalue weighted by molar-refractivity contribution is 8.00. The lowest BCUT2D eigenvalue weighted by Crippen LogP contribution is -2.36. The Morgan fingerprint density at radius 3 is 2.59 bits per heavy atom. The lowest BCUT2D eigenvalue weighted by molar-refractivity contribution is -0.118. The third-order valence-corrected chi connectivity index (χ3v) is 5.37. The summed E-state index contributed by atoms with van der Waals surface area (Å²) in [5.41, 5.74) is 2.90. The molecule has 0 atom stereocenters. The third kappa shape index (κ3) is 7.07. The number of ether oxygens (including phenoxy) is 1. The third-order valence-electron chi connectivity index (χ3n) is 4.44. The van der Waals surface area contributed by atoms with E-state index in [-0.39, 0.29) is 23.3 Å². The summed E-state index contributed by atoms with van der Waals surface area (Å²) in [7, 11) is 0. The smallest absolute Gasteiger partial charge is 0.234 e. The Kier molecular flexibility index (Phi) is 7.89. The molecular weight excluding hydrogens is 388 g/mol. The van der Waals surface area contributed by atoms with Crippen LogP contribution in [0.4, 0.5) is 11.5 Å². The second kappa shape index (κ2) is 10.8. The van der Waals surface area contributed by atoms with E-state index in [0.717, 1.165) is 35.7 Å². The van der Waals surface area contributed by atoms with Crippen molar-refractivity contribution in [2.24, 2.45) is 0 Å². The van der Waals surface area contributed by atoms with Crippen molar-refractivity contribution < 1.29 is 14.3 Å². The molecule has 1 saturated heterocycles. The number of amides is 2. The average molecular weight is 415 g/mol. The zero-order valence-electron chi connectivity index (χ0n) is 16.5. The van der Waals surface area contributed by atoms with Crippen molar-refractivity contribution in [1.82, 2.24) is 10.3 Å². The standard InChI is InChI=1S/C21H26N4O3S/c1-16-2-4-18(5-3-16)24-21(27)15-29-14-20(26)23-13-17-6-7-22-19(12-17)25-8-10-28-11-9-25/h2-7,12H,8-11,13-15H2,1H3,(H,23,26)(H,24,27). The Morgan fingerprint density at radius 1 is 1.10 bits per heavy atom. The molecule has 0 aliphatic carbocycles. The van der Waals surface area contributed by atoms with E-state index in [1.54, 1.807) is 6.20 Å². The van der Waals surface area contributed by atoms with Crippen molar-refractivity contribution >= 4 is 35.1 Å². The van der Waals surface area contributed by atoms with Crippen LogP contribution in [0.3, 0.4) is 0 Å². The molecule has 2 amide bonds. The fourth-order valence-electron chi connectivity index (χ4n) is 2.86. The van der Waals surface area contributed by atoms with E-state index in [4.69, 9.17) is 4.74 Å². The van der Waals surface area contributed by atoms with E-state index in [1.165, 1.54) is 11.8 Å². The van der Waals surface area contributed by atoms with Gasteiger partial charge in [-0.25, -0.2) is 4.98 Å². The van der Waals surface area contributed by atoms with Gasteiger partial charge in [0.2, 0.25) is 11.8 Å². The molecule has 1 aliphatic heterocycles. The molecular formula is C21H26N4O3S. The van der Waals surface area contributed by atoms with Crippen molar-refractivity contribution in [3.63, 3.8) is 0 Å². The fourth-order valence-corrected chi connectivity index (χ4v) is 3.51. The summed E-state index contributed by atoms with van der Waals surface area (Å²) >= 11 is 1.29. The highest BCUT2D eigenvalue weighted by Crippen LogP contribution is 2.14. The number of nitrogens with zero attached hydrogens (tertiary/aromatic N) is 2. The summed E-state index contributed by atoms with van der Waals surface area (Å²) in [5, 5.41) is 5.72. The van der Waals surface area contributed by atoms with Crippen molar-refractivity contribution in [2.75, 3.05) is 48.0 Å². The maximum Gasteiger partial charge on any atom is 0.234 e. The number of benzene rings is 1. The highest BCUT2D eigenvalue weighted by atomic mass is 32.2. The predicted molar refractivity (Wildman–Crippen MR) is 116 cm³/mol. The number of aromatic nitrogens is 1. The van der Waals surface area contributed by atoms with E-state index in [9.17, 15) is 9.59 Å². The number of carbonyl (C=O) groups is 2. The quantitative estimate of drug-likeness (QED) is 0.689. The molecule has 2 heterocycles. The predicted octanol–water partition coefficient (Wildman–Crippen LogP) is 2.21. The first kappa shape index (κ1) is 21.1. The van der Waals surface area contributed by atoms with E-state index in [0.29, 0.717) is 19.8 Å². The van der Waals surface area contributed by atoms with E-state index in [1.807, 2.05) is 43.3 Å². The largest absolute Gasteiger partial charge is 0.378 e. The van der Waals surface area contributed by atoms with Crippen LogP contribution >= 0.6 is 11.8 Å². The molecule has 29 heavy (non-hydrogen) atoms. The number of carbonyl (C=O) groups excluding carboxylic acids is 2. The summed E-state index contributed by atoms with van der Waals surface area (Å²) in [6, 6.07) is 11.5. The van der Waals surface area contributed by atoms with Gasteiger partial charge in [0.1, 0.15) is 5.82 Å². The molecule has 7 nitrogen and oxygen atoms in total. The van der Waals surface area contributed by atoms with Crippen LogP contribution in [0.15, 0.2) is 42.6 Å². The summed E-state index contributed by atoms with van der Waals surface area (Å²) < 4.78 is 5.37. The first-order valence-electron chi connectivity index (χ1n) is 9.59. The van der Waals surface area contributed by atoms with Gasteiger partial charge in [-0.1, -0.05) is 17.7 Å². The van der Waals surface area contributed by atoms with Gasteiger partial charge in [0.05, 0.1) is 24.7 Å². The molecule has 154 valence electrons. The van der Waals surface area contributed by atoms with Crippen LogP contribution in [-0.4, -0.2) is 54.6 Å². The van der Waals surface area contributed by atoms with Crippen LogP contribution < -0.4 is 15.5 Å². The number of morpholine rings is 1. The lowest BCUT2D eigenvalue weighted by Gasteiger charge is -2.28. The Hall–Kier alpha value is -2.58. The second-order valence-corrected chi connectivity index (χ2v) is 7.79. The number of nitrogens with one attached hydrogen (secondary N) is 2. The molecule has 1 aromatic heterocycles. The number of hydrogen-bond acceptors (Lipinski definition) is 6. The van der Waals surface area contributed by atoms with Crippen molar-refractivity contribution in [2.45, 2.75) is 13.5 Å². The van der Waals surface area contributed by atoms with Gasteiger partial charge in [-0.05, 0) is 36.8 Å². The Labute approximate surface area is 175 Å². The maximum atomic E-state index is 12.1. The summed E-state index contributed by atoms with van der Waals surface area (Å²) in [4.78, 5) is 30.6. The van der Waals surface area contributed by atoms with Gasteiger partial charge in [-0.3, -0.25) is 9.59 Å². The molecule has 2 aromatic rings. The first-order valence-corrected chi connectivity index (χ1v) is 10.7. The van der Waals surface area contributed by atoms with E-state index < -0.39 is 0 Å². The number of anilines is 2. The molecule has 0 radical (unpaired) electrons. The number of rotatable bonds is 8. The second-order valence-electron chi connectivity index (χ2n) is 6.81. The lowest BCUT2D eigenvalue weighted by atomic mass is 10.2. The molecule has 0 bridgehead atoms. The molecule has 1 aromatic carbocycles. The molecule has 0 unspecified atom stereocenters. The SMILES string of the molecule is Cc1ccc(NC(=O)CSCC(=O)NCc2ccnc(N3CCOCC3)c2)cc1. The minimum Gasteiger partial charge on any atom is -0.378 e. The Morgan fingerprint density at radius 2 is 1.83 bits per heavy atom. The van der Waals surface area contributed by atoms with Crippen molar-refractivity contribution in [3.05, 3.63) is 53.7 Å². The highest BCUT2D eigenvalue weighted by Gasteiger charge is 2.13. The van der Waals surface area contributed by atoms with Crippen molar-refractivity contribution in [1.29, 1.82) is 0 Å². The Balaban J connectivity index is 1.36. The van der Waals surface area contributed by atoms with Gasteiger partial charge in [-0.2, -0.15) is 0 Å². The zero-order chi connectivity index (χ0) is 20.5. The van der Waals surface area contributed by atoms with Crippen molar-refractivity contribution in [3.8, 4) is 0 Å². The van der Waals surface area contributed by atoms with E-state index >= 15 is 0 Å². The molecule has 1 aliphatic rings. The van der Waals surface area contributed by atoms with Gasteiger partial charge in [0, 0.05) is 31.5 Å². The summed E-state index contributed by atoms with van der Waals surface area (Å²) in [6.07, 6.45) is 1.76. The molecule has 8 heteroatoms. The van der Waals surface area contributed by atoms with Crippen LogP contribution in [0.5, 0.6) is 0 Å². The van der Waals surface area contributed by atoms with E-state index in [2.05, 4.69) is 20.5 Å². The monoisotopic (exact) mass is 414 g/mol. The zero-order valence-corrected chi connectivity index (χ0v) is 17.3. The first-order chi connectivity index (χ1) is 14.1. The van der Waals surface area contributed by atoms with Gasteiger partial charge in [0.25, 0.3) is 0 Å². The molecule has 0 spiro atoms. The minimum atomic E-state index is -0.115. The maximum absolute atomic E-state index is 12.1. The topological polar surface area (TPSA) is 83.6 Å². The Bertz CT molecular complexity index is 823. The fraction of sp³-hybridized carbons (Fsp3) is 0.381. The minimum absolute atomic E-state index is 0.0946. The van der Waals surface area contributed by atoms with Gasteiger partial charge in [0.15, 0.2) is 0 Å². The van der Waals surface area contributed by atoms with Gasteiger partial charge >= 0.3 is 0 Å². The van der Waals surface area contributed by atoms with Crippen LogP contribution in [0.2, 0.25) is 0 Å². The molecule has 2 N–H and O–H groups in total. The number of hydrogen-bond donors (Lipinski definition) is 2. The van der Waals surface area contributed by atoms with Gasteiger partial charge in [-0.15, -0.1) is 11.8 Å². The van der Waals surface area contributed by atoms with Crippen LogP contribution in [0, 0.1) is 6.92 Å². The molecule has 0 saturated carbocycles. The summed E-state index contributed by atoms with van der Waals surface area (Å²) in [5.74, 6) is 1.17. The normalized spacial score (nSPS) is 13.8. The molecule has 3 rings (SSSR count). The molecule has 1 fully saturated rings. The van der Waals surface area contributed by atoms with Crippen LogP contribution in [-0.2, 0) is 20.9 Å².